The molecule has 0 saturated heterocycles. The Balaban J connectivity index is 1.87. The average Bonchev–Trinajstić information content (AvgIpc) is 3.23. The fourth-order valence-corrected chi connectivity index (χ4v) is 5.01. The monoisotopic (exact) mass is 422 g/mol. The quantitative estimate of drug-likeness (QED) is 0.343. The van der Waals surface area contributed by atoms with E-state index in [2.05, 4.69) is 88.2 Å². The number of hydrogen-bond donors (Lipinski definition) is 0. The van der Waals surface area contributed by atoms with E-state index in [1.54, 1.807) is 0 Å². The normalized spacial score (nSPS) is 11.6. The van der Waals surface area contributed by atoms with Crippen molar-refractivity contribution in [3.8, 4) is 0 Å². The van der Waals surface area contributed by atoms with Crippen LogP contribution in [-0.4, -0.2) is 19.4 Å². The predicted octanol–water partition coefficient (Wildman–Crippen LogP) is 5.55. The second-order valence-corrected chi connectivity index (χ2v) is 8.12. The van der Waals surface area contributed by atoms with Gasteiger partial charge in [0.2, 0.25) is 0 Å². The molecule has 0 saturated carbocycles. The van der Waals surface area contributed by atoms with E-state index >= 15 is 0 Å². The molecule has 154 valence electrons. The molecule has 0 aliphatic carbocycles. The van der Waals surface area contributed by atoms with Gasteiger partial charge in [0.25, 0.3) is 0 Å². The van der Waals surface area contributed by atoms with Crippen LogP contribution in [0.3, 0.4) is 0 Å². The summed E-state index contributed by atoms with van der Waals surface area (Å²) in [6.45, 7) is 0. The molecule has 0 atom stereocenters. The molecule has 0 aliphatic rings. The van der Waals surface area contributed by atoms with Crippen LogP contribution in [0.25, 0.3) is 44.1 Å². The third kappa shape index (κ3) is 2.55. The molecular formula is C29H18N4. The minimum atomic E-state index is 0.896. The van der Waals surface area contributed by atoms with E-state index in [1.807, 2.05) is 30.7 Å². The van der Waals surface area contributed by atoms with Crippen molar-refractivity contribution in [1.82, 2.24) is 19.4 Å². The summed E-state index contributed by atoms with van der Waals surface area (Å²) in [4.78, 5) is 14.3. The Bertz CT molecular complexity index is 1810. The van der Waals surface area contributed by atoms with Gasteiger partial charge in [-0.25, -0.2) is 4.98 Å². The smallest absolute Gasteiger partial charge is 0.145 e. The maximum Gasteiger partial charge on any atom is 0.145 e. The standard InChI is InChI=1S/C29H18N4/c1-3-9-19(10-4-1)24(20-11-5-2-6-12-20)25-21-15-18-31-27-26-23(14-8-16-30-26)33(28(21)27)29-22(25)13-7-17-32-29/h1-18H. The second-order valence-electron chi connectivity index (χ2n) is 8.12. The lowest BCUT2D eigenvalue weighted by Gasteiger charge is -2.14. The predicted molar refractivity (Wildman–Crippen MR) is 133 cm³/mol. The zero-order chi connectivity index (χ0) is 21.8. The van der Waals surface area contributed by atoms with Crippen LogP contribution in [0.1, 0.15) is 11.1 Å². The van der Waals surface area contributed by atoms with Crippen molar-refractivity contribution in [3.05, 3.63) is 126 Å². The third-order valence-electron chi connectivity index (χ3n) is 6.31. The van der Waals surface area contributed by atoms with Gasteiger partial charge in [-0.05, 0) is 47.0 Å². The van der Waals surface area contributed by atoms with Crippen molar-refractivity contribution >= 4 is 44.1 Å². The highest BCUT2D eigenvalue weighted by molar-refractivity contribution is 6.14. The van der Waals surface area contributed by atoms with Crippen molar-refractivity contribution < 1.29 is 0 Å². The Labute approximate surface area is 189 Å². The Hall–Kier alpha value is -4.57. The largest absolute Gasteiger partial charge is 0.289 e. The minimum absolute atomic E-state index is 0.896. The molecule has 0 amide bonds. The topological polar surface area (TPSA) is 43.1 Å². The summed E-state index contributed by atoms with van der Waals surface area (Å²) < 4.78 is 2.21. The van der Waals surface area contributed by atoms with E-state index in [-0.39, 0.29) is 0 Å². The van der Waals surface area contributed by atoms with Gasteiger partial charge in [0.05, 0.1) is 11.0 Å². The summed E-state index contributed by atoms with van der Waals surface area (Å²) in [5, 5.41) is 3.40. The van der Waals surface area contributed by atoms with Gasteiger partial charge in [-0.2, -0.15) is 0 Å². The number of rotatable bonds is 2. The van der Waals surface area contributed by atoms with Gasteiger partial charge >= 0.3 is 0 Å². The van der Waals surface area contributed by atoms with Crippen LogP contribution >= 0.6 is 0 Å². The zero-order valence-electron chi connectivity index (χ0n) is 17.7. The number of hydrogen-bond acceptors (Lipinski definition) is 3. The van der Waals surface area contributed by atoms with Crippen LogP contribution < -0.4 is 5.22 Å². The Morgan fingerprint density at radius 3 is 1.97 bits per heavy atom. The van der Waals surface area contributed by atoms with Gasteiger partial charge in [-0.15, -0.1) is 0 Å². The highest BCUT2D eigenvalue weighted by atomic mass is 15.0. The second kappa shape index (κ2) is 6.97. The lowest BCUT2D eigenvalue weighted by atomic mass is 9.93. The van der Waals surface area contributed by atoms with Crippen molar-refractivity contribution in [1.29, 1.82) is 0 Å². The van der Waals surface area contributed by atoms with Crippen LogP contribution in [-0.2, 0) is 0 Å². The summed E-state index contributed by atoms with van der Waals surface area (Å²) in [5.74, 6) is 0. The van der Waals surface area contributed by atoms with Gasteiger partial charge in [-0.3, -0.25) is 14.4 Å². The van der Waals surface area contributed by atoms with E-state index in [4.69, 9.17) is 9.97 Å². The molecule has 0 bridgehead atoms. The zero-order valence-corrected chi connectivity index (χ0v) is 17.7. The fourth-order valence-electron chi connectivity index (χ4n) is 5.01. The molecule has 0 fully saturated rings. The number of aromatic nitrogens is 4. The van der Waals surface area contributed by atoms with Gasteiger partial charge < -0.3 is 0 Å². The van der Waals surface area contributed by atoms with Gasteiger partial charge in [0.1, 0.15) is 16.7 Å². The number of nitrogens with zero attached hydrogens (tertiary/aromatic N) is 4. The summed E-state index contributed by atoms with van der Waals surface area (Å²) in [5.41, 5.74) is 8.30. The van der Waals surface area contributed by atoms with E-state index < -0.39 is 0 Å². The minimum Gasteiger partial charge on any atom is -0.289 e. The van der Waals surface area contributed by atoms with E-state index in [0.29, 0.717) is 0 Å². The fraction of sp³-hybridized carbons (Fsp3) is 0. The van der Waals surface area contributed by atoms with Crippen molar-refractivity contribution in [2.45, 2.75) is 0 Å². The summed E-state index contributed by atoms with van der Waals surface area (Å²) in [7, 11) is 0. The molecule has 7 aromatic rings. The van der Waals surface area contributed by atoms with Crippen LogP contribution in [0.15, 0.2) is 110 Å². The molecule has 0 aliphatic heterocycles. The van der Waals surface area contributed by atoms with Crippen LogP contribution in [0.4, 0.5) is 0 Å². The first-order valence-electron chi connectivity index (χ1n) is 11.0. The molecule has 7 rings (SSSR count). The summed E-state index contributed by atoms with van der Waals surface area (Å²) >= 11 is 0. The maximum absolute atomic E-state index is 4.86. The Morgan fingerprint density at radius 1 is 0.545 bits per heavy atom. The van der Waals surface area contributed by atoms with Crippen LogP contribution in [0, 0.1) is 0 Å². The van der Waals surface area contributed by atoms with E-state index in [1.165, 1.54) is 21.9 Å². The van der Waals surface area contributed by atoms with Crippen molar-refractivity contribution in [3.63, 3.8) is 0 Å². The molecule has 2 aromatic carbocycles. The number of pyridine rings is 4. The maximum atomic E-state index is 4.86. The molecule has 4 nitrogen and oxygen atoms in total. The van der Waals surface area contributed by atoms with Crippen molar-refractivity contribution in [2.75, 3.05) is 0 Å². The first-order chi connectivity index (χ1) is 16.4. The molecular weight excluding hydrogens is 404 g/mol. The lowest BCUT2D eigenvalue weighted by Crippen LogP contribution is -2.15. The highest BCUT2D eigenvalue weighted by Crippen LogP contribution is 2.32. The van der Waals surface area contributed by atoms with Gasteiger partial charge in [0.15, 0.2) is 0 Å². The first-order valence-corrected chi connectivity index (χ1v) is 11.0. The molecule has 5 heterocycles. The molecule has 5 aromatic heterocycles. The van der Waals surface area contributed by atoms with E-state index in [9.17, 15) is 0 Å². The molecule has 0 spiro atoms. The summed E-state index contributed by atoms with van der Waals surface area (Å²) in [6, 6.07) is 31.6. The summed E-state index contributed by atoms with van der Waals surface area (Å²) in [6.07, 6.45) is 5.58. The Kier molecular flexibility index (Phi) is 3.81. The molecule has 4 heteroatoms. The average molecular weight is 422 g/mol. The lowest BCUT2D eigenvalue weighted by molar-refractivity contribution is 1.23. The highest BCUT2D eigenvalue weighted by Gasteiger charge is 2.20. The number of benzene rings is 2. The third-order valence-corrected chi connectivity index (χ3v) is 6.31. The first kappa shape index (κ1) is 18.0. The SMILES string of the molecule is c1ccc(C(c2ccccc2)=c2c3cccnc3n3c4cccnc4c4nccc2c43)cc1. The number of fused-ring (bicyclic) bond motifs is 5. The van der Waals surface area contributed by atoms with Crippen LogP contribution in [0.2, 0.25) is 0 Å². The molecule has 33 heavy (non-hydrogen) atoms. The van der Waals surface area contributed by atoms with Crippen LogP contribution in [0.5, 0.6) is 0 Å². The molecule has 0 N–H and O–H groups in total. The molecule has 0 unspecified atom stereocenters. The van der Waals surface area contributed by atoms with Gasteiger partial charge in [0, 0.05) is 34.6 Å². The van der Waals surface area contributed by atoms with Crippen molar-refractivity contribution in [2.24, 2.45) is 0 Å². The van der Waals surface area contributed by atoms with E-state index in [0.717, 1.165) is 38.5 Å². The van der Waals surface area contributed by atoms with Gasteiger partial charge in [-0.1, -0.05) is 60.7 Å². The molecule has 0 radical (unpaired) electrons. The Morgan fingerprint density at radius 2 is 1.21 bits per heavy atom.